The first-order valence-corrected chi connectivity index (χ1v) is 6.41. The number of hydrogen-bond acceptors (Lipinski definition) is 2. The molecule has 0 spiro atoms. The quantitative estimate of drug-likeness (QED) is 0.649. The number of nitrogens with two attached hydrogens (primary N) is 1. The second-order valence-corrected chi connectivity index (χ2v) is 4.87. The van der Waals surface area contributed by atoms with Crippen LogP contribution >= 0.6 is 0 Å². The van der Waals surface area contributed by atoms with Gasteiger partial charge in [-0.3, -0.25) is 10.3 Å². The fourth-order valence-electron chi connectivity index (χ4n) is 2.18. The molecule has 0 aromatic heterocycles. The SMILES string of the molecule is CN(Cc1ccccc1)Cc1ccc(F)cc1C(=N)N. The minimum Gasteiger partial charge on any atom is -0.384 e. The lowest BCUT2D eigenvalue weighted by Crippen LogP contribution is -2.21. The van der Waals surface area contributed by atoms with Crippen molar-refractivity contribution in [3.8, 4) is 0 Å². The molecule has 104 valence electrons. The molecule has 0 bridgehead atoms. The summed E-state index contributed by atoms with van der Waals surface area (Å²) in [6.07, 6.45) is 0. The van der Waals surface area contributed by atoms with Crippen LogP contribution in [0.2, 0.25) is 0 Å². The lowest BCUT2D eigenvalue weighted by atomic mass is 10.1. The molecule has 0 amide bonds. The number of rotatable bonds is 5. The zero-order valence-electron chi connectivity index (χ0n) is 11.4. The maximum atomic E-state index is 13.2. The van der Waals surface area contributed by atoms with Crippen LogP contribution in [0.3, 0.4) is 0 Å². The molecule has 0 heterocycles. The van der Waals surface area contributed by atoms with Crippen LogP contribution in [0.25, 0.3) is 0 Å². The first-order chi connectivity index (χ1) is 9.56. The maximum Gasteiger partial charge on any atom is 0.123 e. The van der Waals surface area contributed by atoms with Crippen LogP contribution in [0.15, 0.2) is 48.5 Å². The van der Waals surface area contributed by atoms with Crippen LogP contribution in [0, 0.1) is 11.2 Å². The number of nitrogen functional groups attached to an aromatic ring is 1. The highest BCUT2D eigenvalue weighted by Crippen LogP contribution is 2.14. The van der Waals surface area contributed by atoms with Crippen molar-refractivity contribution >= 4 is 5.84 Å². The Balaban J connectivity index is 2.11. The van der Waals surface area contributed by atoms with Gasteiger partial charge < -0.3 is 5.73 Å². The molecule has 2 aromatic rings. The van der Waals surface area contributed by atoms with E-state index in [-0.39, 0.29) is 11.7 Å². The van der Waals surface area contributed by atoms with Crippen LogP contribution in [0.1, 0.15) is 16.7 Å². The van der Waals surface area contributed by atoms with E-state index in [2.05, 4.69) is 17.0 Å². The van der Waals surface area contributed by atoms with E-state index in [4.69, 9.17) is 11.1 Å². The van der Waals surface area contributed by atoms with Crippen molar-refractivity contribution in [2.45, 2.75) is 13.1 Å². The van der Waals surface area contributed by atoms with Crippen molar-refractivity contribution in [3.63, 3.8) is 0 Å². The van der Waals surface area contributed by atoms with E-state index in [9.17, 15) is 4.39 Å². The van der Waals surface area contributed by atoms with Gasteiger partial charge in [0.05, 0.1) is 0 Å². The average molecular weight is 271 g/mol. The molecular weight excluding hydrogens is 253 g/mol. The van der Waals surface area contributed by atoms with E-state index in [0.717, 1.165) is 12.1 Å². The second-order valence-electron chi connectivity index (χ2n) is 4.87. The number of hydrogen-bond donors (Lipinski definition) is 2. The molecule has 0 saturated heterocycles. The Morgan fingerprint density at radius 1 is 1.15 bits per heavy atom. The summed E-state index contributed by atoms with van der Waals surface area (Å²) in [5.74, 6) is -0.475. The van der Waals surface area contributed by atoms with Crippen LogP contribution in [-0.2, 0) is 13.1 Å². The summed E-state index contributed by atoms with van der Waals surface area (Å²) in [5, 5.41) is 7.53. The summed E-state index contributed by atoms with van der Waals surface area (Å²) >= 11 is 0. The minimum absolute atomic E-state index is 0.104. The molecule has 2 aromatic carbocycles. The molecule has 0 aliphatic heterocycles. The third kappa shape index (κ3) is 3.65. The standard InChI is InChI=1S/C16H18FN3/c1-20(10-12-5-3-2-4-6-12)11-13-7-8-14(17)9-15(13)16(18)19/h2-9H,10-11H2,1H3,(H3,18,19). The van der Waals surface area contributed by atoms with Gasteiger partial charge in [0, 0.05) is 18.7 Å². The number of nitrogens with one attached hydrogen (secondary N) is 1. The Morgan fingerprint density at radius 2 is 1.85 bits per heavy atom. The molecule has 3 nitrogen and oxygen atoms in total. The predicted molar refractivity (Wildman–Crippen MR) is 79.0 cm³/mol. The molecule has 20 heavy (non-hydrogen) atoms. The van der Waals surface area contributed by atoms with Gasteiger partial charge >= 0.3 is 0 Å². The van der Waals surface area contributed by atoms with E-state index in [1.54, 1.807) is 6.07 Å². The topological polar surface area (TPSA) is 53.1 Å². The predicted octanol–water partition coefficient (Wildman–Crippen LogP) is 2.74. The smallest absolute Gasteiger partial charge is 0.123 e. The summed E-state index contributed by atoms with van der Waals surface area (Å²) in [7, 11) is 1.99. The Bertz CT molecular complexity index is 596. The van der Waals surface area contributed by atoms with Crippen molar-refractivity contribution in [2.24, 2.45) is 5.73 Å². The largest absolute Gasteiger partial charge is 0.384 e. The molecule has 0 radical (unpaired) electrons. The van der Waals surface area contributed by atoms with Gasteiger partial charge in [-0.15, -0.1) is 0 Å². The van der Waals surface area contributed by atoms with Crippen LogP contribution in [0.4, 0.5) is 4.39 Å². The average Bonchev–Trinajstić information content (AvgIpc) is 2.41. The van der Waals surface area contributed by atoms with E-state index in [1.807, 2.05) is 25.2 Å². The fourth-order valence-corrected chi connectivity index (χ4v) is 2.18. The fraction of sp³-hybridized carbons (Fsp3) is 0.188. The summed E-state index contributed by atoms with van der Waals surface area (Å²) in [6, 6.07) is 14.5. The molecule has 0 aliphatic carbocycles. The number of benzene rings is 2. The highest BCUT2D eigenvalue weighted by atomic mass is 19.1. The zero-order valence-corrected chi connectivity index (χ0v) is 11.4. The van der Waals surface area contributed by atoms with Crippen LogP contribution in [-0.4, -0.2) is 17.8 Å². The van der Waals surface area contributed by atoms with E-state index < -0.39 is 0 Å². The molecule has 3 N–H and O–H groups in total. The first-order valence-electron chi connectivity index (χ1n) is 6.41. The van der Waals surface area contributed by atoms with Gasteiger partial charge in [-0.25, -0.2) is 4.39 Å². The van der Waals surface area contributed by atoms with Crippen molar-refractivity contribution < 1.29 is 4.39 Å². The van der Waals surface area contributed by atoms with Crippen LogP contribution in [0.5, 0.6) is 0 Å². The molecule has 0 aliphatic rings. The monoisotopic (exact) mass is 271 g/mol. The van der Waals surface area contributed by atoms with Gasteiger partial charge in [0.25, 0.3) is 0 Å². The van der Waals surface area contributed by atoms with Crippen molar-refractivity contribution in [3.05, 3.63) is 71.0 Å². The zero-order chi connectivity index (χ0) is 14.5. The number of amidine groups is 1. The number of nitrogens with zero attached hydrogens (tertiary/aromatic N) is 1. The summed E-state index contributed by atoms with van der Waals surface area (Å²) in [4.78, 5) is 2.11. The van der Waals surface area contributed by atoms with Crippen molar-refractivity contribution in [1.29, 1.82) is 5.41 Å². The molecule has 4 heteroatoms. The third-order valence-electron chi connectivity index (χ3n) is 3.10. The summed E-state index contributed by atoms with van der Waals surface area (Å²) < 4.78 is 13.2. The van der Waals surface area contributed by atoms with E-state index >= 15 is 0 Å². The van der Waals surface area contributed by atoms with Gasteiger partial charge in [-0.05, 0) is 30.3 Å². The highest BCUT2D eigenvalue weighted by Gasteiger charge is 2.09. The van der Waals surface area contributed by atoms with E-state index in [1.165, 1.54) is 17.7 Å². The molecular formula is C16H18FN3. The molecule has 0 unspecified atom stereocenters. The van der Waals surface area contributed by atoms with Gasteiger partial charge in [-0.1, -0.05) is 36.4 Å². The lowest BCUT2D eigenvalue weighted by Gasteiger charge is -2.18. The van der Waals surface area contributed by atoms with E-state index in [0.29, 0.717) is 12.1 Å². The van der Waals surface area contributed by atoms with Crippen molar-refractivity contribution in [1.82, 2.24) is 4.90 Å². The summed E-state index contributed by atoms with van der Waals surface area (Å²) in [5.41, 5.74) is 8.04. The van der Waals surface area contributed by atoms with Gasteiger partial charge in [0.15, 0.2) is 0 Å². The third-order valence-corrected chi connectivity index (χ3v) is 3.10. The second kappa shape index (κ2) is 6.30. The van der Waals surface area contributed by atoms with Gasteiger partial charge in [0.2, 0.25) is 0 Å². The Labute approximate surface area is 118 Å². The van der Waals surface area contributed by atoms with Crippen LogP contribution < -0.4 is 5.73 Å². The molecule has 0 atom stereocenters. The lowest BCUT2D eigenvalue weighted by molar-refractivity contribution is 0.319. The van der Waals surface area contributed by atoms with Crippen molar-refractivity contribution in [2.75, 3.05) is 7.05 Å². The maximum absolute atomic E-state index is 13.2. The van der Waals surface area contributed by atoms with Gasteiger partial charge in [-0.2, -0.15) is 0 Å². The molecule has 0 fully saturated rings. The first kappa shape index (κ1) is 14.2. The number of halogens is 1. The minimum atomic E-state index is -0.371. The Kier molecular flexibility index (Phi) is 4.48. The molecule has 0 saturated carbocycles. The van der Waals surface area contributed by atoms with Gasteiger partial charge in [0.1, 0.15) is 11.7 Å². The Morgan fingerprint density at radius 3 is 2.50 bits per heavy atom. The Hall–Kier alpha value is -2.20. The normalized spacial score (nSPS) is 10.8. The highest BCUT2D eigenvalue weighted by molar-refractivity contribution is 5.96. The molecule has 2 rings (SSSR count). The summed E-state index contributed by atoms with van der Waals surface area (Å²) in [6.45, 7) is 1.40.